The molecule has 2 aromatic rings. The lowest BCUT2D eigenvalue weighted by Gasteiger charge is -2.30. The predicted molar refractivity (Wildman–Crippen MR) is 92.3 cm³/mol. The van der Waals surface area contributed by atoms with Crippen LogP contribution >= 0.6 is 11.8 Å². The van der Waals surface area contributed by atoms with Crippen molar-refractivity contribution in [3.05, 3.63) is 48.3 Å². The van der Waals surface area contributed by atoms with Crippen LogP contribution in [0.4, 0.5) is 0 Å². The second-order valence-electron chi connectivity index (χ2n) is 5.52. The van der Waals surface area contributed by atoms with Gasteiger partial charge in [-0.2, -0.15) is 0 Å². The van der Waals surface area contributed by atoms with Crippen LogP contribution in [-0.4, -0.2) is 23.0 Å². The van der Waals surface area contributed by atoms with Gasteiger partial charge >= 0.3 is 0 Å². The summed E-state index contributed by atoms with van der Waals surface area (Å²) in [6, 6.07) is 10.4. The maximum absolute atomic E-state index is 5.92. The molecular weight excluding hydrogens is 294 g/mol. The van der Waals surface area contributed by atoms with Crippen molar-refractivity contribution in [3.63, 3.8) is 0 Å². The molecule has 1 aromatic carbocycles. The lowest BCUT2D eigenvalue weighted by Crippen LogP contribution is -2.28. The molecule has 114 valence electrons. The minimum absolute atomic E-state index is 0.252. The van der Waals surface area contributed by atoms with Gasteiger partial charge in [0.25, 0.3) is 0 Å². The molecule has 1 aromatic heterocycles. The SMILES string of the molecule is COc1cncc(-c2cccc(C3(C)CCSC(N)=N3)c2)c1. The van der Waals surface area contributed by atoms with E-state index in [2.05, 4.69) is 41.2 Å². The number of hydrogen-bond acceptors (Lipinski definition) is 5. The van der Waals surface area contributed by atoms with Crippen molar-refractivity contribution >= 4 is 16.9 Å². The lowest BCUT2D eigenvalue weighted by atomic mass is 9.88. The van der Waals surface area contributed by atoms with Crippen molar-refractivity contribution in [2.45, 2.75) is 18.9 Å². The molecular formula is C17H19N3OS. The summed E-state index contributed by atoms with van der Waals surface area (Å²) < 4.78 is 5.25. The Hall–Kier alpha value is -2.01. The summed E-state index contributed by atoms with van der Waals surface area (Å²) in [5, 5.41) is 0.669. The number of nitrogens with zero attached hydrogens (tertiary/aromatic N) is 2. The molecule has 0 radical (unpaired) electrons. The summed E-state index contributed by atoms with van der Waals surface area (Å²) in [4.78, 5) is 8.90. The van der Waals surface area contributed by atoms with E-state index in [1.165, 1.54) is 5.56 Å². The minimum atomic E-state index is -0.252. The molecule has 1 atom stereocenters. The molecule has 0 spiro atoms. The number of thioether (sulfide) groups is 1. The van der Waals surface area contributed by atoms with E-state index in [-0.39, 0.29) is 5.54 Å². The standard InChI is InChI=1S/C17H19N3OS/c1-17(6-7-22-16(18)20-17)14-5-3-4-12(8-14)13-9-15(21-2)11-19-10-13/h3-5,8-11H,6-7H2,1-2H3,(H2,18,20). The van der Waals surface area contributed by atoms with Gasteiger partial charge < -0.3 is 10.5 Å². The first kappa shape index (κ1) is 14.9. The minimum Gasteiger partial charge on any atom is -0.495 e. The normalized spacial score (nSPS) is 21.3. The van der Waals surface area contributed by atoms with Crippen LogP contribution in [0.3, 0.4) is 0 Å². The highest BCUT2D eigenvalue weighted by Crippen LogP contribution is 2.36. The van der Waals surface area contributed by atoms with Crippen LogP contribution in [0.5, 0.6) is 5.75 Å². The van der Waals surface area contributed by atoms with Gasteiger partial charge in [0.15, 0.2) is 5.17 Å². The molecule has 2 heterocycles. The molecule has 4 nitrogen and oxygen atoms in total. The van der Waals surface area contributed by atoms with Crippen LogP contribution in [0.2, 0.25) is 0 Å². The van der Waals surface area contributed by atoms with Crippen molar-refractivity contribution < 1.29 is 4.74 Å². The van der Waals surface area contributed by atoms with E-state index in [0.717, 1.165) is 29.1 Å². The Morgan fingerprint density at radius 1 is 1.23 bits per heavy atom. The van der Waals surface area contributed by atoms with Crippen LogP contribution in [0.15, 0.2) is 47.7 Å². The molecule has 0 aliphatic carbocycles. The second-order valence-corrected chi connectivity index (χ2v) is 6.63. The topological polar surface area (TPSA) is 60.5 Å². The molecule has 0 saturated carbocycles. The second kappa shape index (κ2) is 6.01. The fraction of sp³-hybridized carbons (Fsp3) is 0.294. The molecule has 1 aliphatic heterocycles. The zero-order chi connectivity index (χ0) is 15.6. The summed E-state index contributed by atoms with van der Waals surface area (Å²) in [6.07, 6.45) is 4.54. The Morgan fingerprint density at radius 3 is 2.86 bits per heavy atom. The van der Waals surface area contributed by atoms with Crippen LogP contribution in [0, 0.1) is 0 Å². The molecule has 3 rings (SSSR count). The van der Waals surface area contributed by atoms with E-state index in [1.54, 1.807) is 25.1 Å². The predicted octanol–water partition coefficient (Wildman–Crippen LogP) is 3.42. The summed E-state index contributed by atoms with van der Waals surface area (Å²) in [6.45, 7) is 2.14. The van der Waals surface area contributed by atoms with E-state index in [4.69, 9.17) is 10.5 Å². The van der Waals surface area contributed by atoms with Gasteiger partial charge in [0.2, 0.25) is 0 Å². The van der Waals surface area contributed by atoms with Gasteiger partial charge in [-0.15, -0.1) is 0 Å². The Balaban J connectivity index is 2.01. The summed E-state index contributed by atoms with van der Waals surface area (Å²) in [5.41, 5.74) is 8.99. The van der Waals surface area contributed by atoms with Gasteiger partial charge in [-0.3, -0.25) is 9.98 Å². The lowest BCUT2D eigenvalue weighted by molar-refractivity contribution is 0.413. The average Bonchev–Trinajstić information content (AvgIpc) is 2.55. The average molecular weight is 313 g/mol. The van der Waals surface area contributed by atoms with Crippen molar-refractivity contribution in [2.24, 2.45) is 10.7 Å². The zero-order valence-electron chi connectivity index (χ0n) is 12.7. The molecule has 5 heteroatoms. The van der Waals surface area contributed by atoms with E-state index >= 15 is 0 Å². The maximum atomic E-state index is 5.92. The van der Waals surface area contributed by atoms with Gasteiger partial charge in [0.1, 0.15) is 5.75 Å². The number of nitrogens with two attached hydrogens (primary N) is 1. The van der Waals surface area contributed by atoms with Gasteiger partial charge in [0, 0.05) is 17.5 Å². The summed E-state index contributed by atoms with van der Waals surface area (Å²) in [7, 11) is 1.65. The number of aromatic nitrogens is 1. The van der Waals surface area contributed by atoms with E-state index in [1.807, 2.05) is 12.3 Å². The first-order valence-electron chi connectivity index (χ1n) is 7.19. The number of amidine groups is 1. The molecule has 0 amide bonds. The number of methoxy groups -OCH3 is 1. The van der Waals surface area contributed by atoms with Gasteiger partial charge in [0.05, 0.1) is 18.8 Å². The largest absolute Gasteiger partial charge is 0.495 e. The molecule has 0 bridgehead atoms. The highest BCUT2D eigenvalue weighted by atomic mass is 32.2. The van der Waals surface area contributed by atoms with Gasteiger partial charge in [-0.1, -0.05) is 30.0 Å². The van der Waals surface area contributed by atoms with Crippen molar-refractivity contribution in [3.8, 4) is 16.9 Å². The summed E-state index contributed by atoms with van der Waals surface area (Å²) >= 11 is 1.62. The van der Waals surface area contributed by atoms with Crippen molar-refractivity contribution in [1.29, 1.82) is 0 Å². The number of rotatable bonds is 3. The summed E-state index contributed by atoms with van der Waals surface area (Å²) in [5.74, 6) is 1.75. The molecule has 22 heavy (non-hydrogen) atoms. The molecule has 1 unspecified atom stereocenters. The molecule has 0 saturated heterocycles. The third kappa shape index (κ3) is 2.95. The fourth-order valence-corrected chi connectivity index (χ4v) is 3.59. The highest BCUT2D eigenvalue weighted by Gasteiger charge is 2.29. The Bertz CT molecular complexity index is 717. The number of ether oxygens (including phenoxy) is 1. The molecule has 0 fully saturated rings. The smallest absolute Gasteiger partial charge is 0.154 e. The van der Waals surface area contributed by atoms with Crippen molar-refractivity contribution in [1.82, 2.24) is 4.98 Å². The Kier molecular flexibility index (Phi) is 4.07. The van der Waals surface area contributed by atoms with Crippen LogP contribution in [-0.2, 0) is 5.54 Å². The number of hydrogen-bond donors (Lipinski definition) is 1. The molecule has 2 N–H and O–H groups in total. The Morgan fingerprint density at radius 2 is 2.09 bits per heavy atom. The van der Waals surface area contributed by atoms with Crippen LogP contribution in [0.1, 0.15) is 18.9 Å². The highest BCUT2D eigenvalue weighted by molar-refractivity contribution is 8.13. The number of benzene rings is 1. The van der Waals surface area contributed by atoms with Crippen LogP contribution < -0.4 is 10.5 Å². The molecule has 1 aliphatic rings. The monoisotopic (exact) mass is 313 g/mol. The zero-order valence-corrected chi connectivity index (χ0v) is 13.6. The van der Waals surface area contributed by atoms with E-state index in [9.17, 15) is 0 Å². The first-order chi connectivity index (χ1) is 10.6. The van der Waals surface area contributed by atoms with Gasteiger partial charge in [-0.25, -0.2) is 0 Å². The maximum Gasteiger partial charge on any atom is 0.154 e. The quantitative estimate of drug-likeness (QED) is 0.943. The van der Waals surface area contributed by atoms with Gasteiger partial charge in [-0.05, 0) is 36.6 Å². The number of pyridine rings is 1. The third-order valence-electron chi connectivity index (χ3n) is 3.96. The van der Waals surface area contributed by atoms with Crippen LogP contribution in [0.25, 0.3) is 11.1 Å². The van der Waals surface area contributed by atoms with E-state index in [0.29, 0.717) is 5.17 Å². The third-order valence-corrected chi connectivity index (χ3v) is 4.76. The van der Waals surface area contributed by atoms with Crippen molar-refractivity contribution in [2.75, 3.05) is 12.9 Å². The van der Waals surface area contributed by atoms with E-state index < -0.39 is 0 Å². The number of aliphatic imine (C=N–C) groups is 1. The fourth-order valence-electron chi connectivity index (χ4n) is 2.62. The Labute approximate surface area is 134 Å². The first-order valence-corrected chi connectivity index (χ1v) is 8.17.